The van der Waals surface area contributed by atoms with Crippen molar-refractivity contribution in [3.8, 4) is 0 Å². The van der Waals surface area contributed by atoms with Crippen LogP contribution in [0.3, 0.4) is 0 Å². The number of anilines is 2. The molecule has 0 saturated carbocycles. The SMILES string of the molecule is O=C(CCN1C(=O)c2ccccc2N2C(=O)c3ccccc3C12)Nc1nn[nH]n1. The van der Waals surface area contributed by atoms with Crippen LogP contribution in [0.1, 0.15) is 38.9 Å². The largest absolute Gasteiger partial charge is 0.313 e. The molecule has 5 rings (SSSR count). The number of nitrogens with zero attached hydrogens (tertiary/aromatic N) is 5. The average molecular weight is 389 g/mol. The first-order valence-corrected chi connectivity index (χ1v) is 9.01. The molecule has 1 unspecified atom stereocenters. The molecule has 0 bridgehead atoms. The quantitative estimate of drug-likeness (QED) is 0.694. The van der Waals surface area contributed by atoms with E-state index in [0.29, 0.717) is 16.8 Å². The molecule has 3 heterocycles. The first-order chi connectivity index (χ1) is 14.1. The van der Waals surface area contributed by atoms with Crippen LogP contribution in [0.5, 0.6) is 0 Å². The van der Waals surface area contributed by atoms with Gasteiger partial charge in [-0.2, -0.15) is 5.21 Å². The molecule has 2 N–H and O–H groups in total. The highest BCUT2D eigenvalue weighted by Gasteiger charge is 2.47. The number of carbonyl (C=O) groups is 3. The summed E-state index contributed by atoms with van der Waals surface area (Å²) in [7, 11) is 0. The monoisotopic (exact) mass is 389 g/mol. The molecule has 2 aliphatic rings. The van der Waals surface area contributed by atoms with E-state index in [4.69, 9.17) is 0 Å². The maximum absolute atomic E-state index is 13.2. The Kier molecular flexibility index (Phi) is 3.83. The van der Waals surface area contributed by atoms with Crippen molar-refractivity contribution >= 4 is 29.4 Å². The Morgan fingerprint density at radius 2 is 1.79 bits per heavy atom. The summed E-state index contributed by atoms with van der Waals surface area (Å²) in [5.74, 6) is -0.680. The minimum atomic E-state index is -0.584. The molecule has 2 aliphatic heterocycles. The smallest absolute Gasteiger partial charge is 0.269 e. The lowest BCUT2D eigenvalue weighted by Gasteiger charge is -2.40. The maximum Gasteiger partial charge on any atom is 0.269 e. The van der Waals surface area contributed by atoms with Crippen LogP contribution >= 0.6 is 0 Å². The topological polar surface area (TPSA) is 124 Å². The van der Waals surface area contributed by atoms with Crippen molar-refractivity contribution in [2.45, 2.75) is 12.6 Å². The van der Waals surface area contributed by atoms with E-state index in [9.17, 15) is 14.4 Å². The lowest BCUT2D eigenvalue weighted by atomic mass is 10.0. The Hall–Kier alpha value is -4.08. The number of benzene rings is 2. The van der Waals surface area contributed by atoms with E-state index >= 15 is 0 Å². The second kappa shape index (κ2) is 6.51. The second-order valence-electron chi connectivity index (χ2n) is 6.69. The molecule has 3 amide bonds. The third-order valence-electron chi connectivity index (χ3n) is 5.06. The summed E-state index contributed by atoms with van der Waals surface area (Å²) >= 11 is 0. The Morgan fingerprint density at radius 1 is 1.03 bits per heavy atom. The van der Waals surface area contributed by atoms with Gasteiger partial charge in [0.1, 0.15) is 6.17 Å². The Bertz CT molecular complexity index is 1130. The molecule has 0 aliphatic carbocycles. The summed E-state index contributed by atoms with van der Waals surface area (Å²) in [5.41, 5.74) is 2.32. The number of tetrazole rings is 1. The molecule has 0 spiro atoms. The van der Waals surface area contributed by atoms with Crippen LogP contribution in [0, 0.1) is 0 Å². The van der Waals surface area contributed by atoms with Crippen LogP contribution < -0.4 is 10.2 Å². The predicted molar refractivity (Wildman–Crippen MR) is 101 cm³/mol. The van der Waals surface area contributed by atoms with Crippen molar-refractivity contribution in [2.75, 3.05) is 16.8 Å². The van der Waals surface area contributed by atoms with Gasteiger partial charge in [0.2, 0.25) is 5.91 Å². The summed E-state index contributed by atoms with van der Waals surface area (Å²) in [6, 6.07) is 14.2. The third kappa shape index (κ3) is 2.64. The highest BCUT2D eigenvalue weighted by molar-refractivity contribution is 6.16. The van der Waals surface area contributed by atoms with E-state index in [1.807, 2.05) is 12.1 Å². The number of hydrogen-bond acceptors (Lipinski definition) is 6. The number of nitrogens with one attached hydrogen (secondary N) is 2. The van der Waals surface area contributed by atoms with E-state index in [1.54, 1.807) is 46.2 Å². The summed E-state index contributed by atoms with van der Waals surface area (Å²) < 4.78 is 0. The minimum Gasteiger partial charge on any atom is -0.313 e. The summed E-state index contributed by atoms with van der Waals surface area (Å²) in [5, 5.41) is 15.5. The van der Waals surface area contributed by atoms with Crippen LogP contribution in [0.2, 0.25) is 0 Å². The number of para-hydroxylation sites is 1. The van der Waals surface area contributed by atoms with Gasteiger partial charge in [-0.25, -0.2) is 0 Å². The van der Waals surface area contributed by atoms with Gasteiger partial charge >= 0.3 is 0 Å². The fraction of sp³-hybridized carbons (Fsp3) is 0.158. The van der Waals surface area contributed by atoms with Gasteiger partial charge in [-0.1, -0.05) is 35.4 Å². The molecule has 1 aromatic heterocycles. The van der Waals surface area contributed by atoms with Crippen LogP contribution in [-0.2, 0) is 4.79 Å². The van der Waals surface area contributed by atoms with E-state index in [0.717, 1.165) is 5.56 Å². The fourth-order valence-electron chi connectivity index (χ4n) is 3.82. The molecule has 3 aromatic rings. The highest BCUT2D eigenvalue weighted by atomic mass is 16.2. The van der Waals surface area contributed by atoms with E-state index in [-0.39, 0.29) is 36.6 Å². The van der Waals surface area contributed by atoms with Gasteiger partial charge in [-0.15, -0.1) is 5.10 Å². The van der Waals surface area contributed by atoms with E-state index in [1.165, 1.54) is 0 Å². The number of fused-ring (bicyclic) bond motifs is 5. The molecule has 144 valence electrons. The van der Waals surface area contributed by atoms with E-state index < -0.39 is 6.17 Å². The lowest BCUT2D eigenvalue weighted by Crippen LogP contribution is -2.49. The normalized spacial score (nSPS) is 17.0. The second-order valence-corrected chi connectivity index (χ2v) is 6.69. The minimum absolute atomic E-state index is 0.0170. The number of H-pyrrole nitrogens is 1. The molecule has 10 nitrogen and oxygen atoms in total. The van der Waals surface area contributed by atoms with Gasteiger partial charge in [0.05, 0.1) is 11.3 Å². The van der Waals surface area contributed by atoms with Gasteiger partial charge < -0.3 is 4.90 Å². The average Bonchev–Trinajstić information content (AvgIpc) is 3.35. The van der Waals surface area contributed by atoms with Gasteiger partial charge in [0, 0.05) is 24.1 Å². The maximum atomic E-state index is 13.2. The molecule has 2 aromatic carbocycles. The summed E-state index contributed by atoms with van der Waals surface area (Å²) in [6.07, 6.45) is -0.567. The fourth-order valence-corrected chi connectivity index (χ4v) is 3.82. The molecule has 0 radical (unpaired) electrons. The number of hydrogen-bond donors (Lipinski definition) is 2. The van der Waals surface area contributed by atoms with Crippen molar-refractivity contribution in [3.63, 3.8) is 0 Å². The highest BCUT2D eigenvalue weighted by Crippen LogP contribution is 2.45. The predicted octanol–water partition coefficient (Wildman–Crippen LogP) is 1.34. The molecule has 0 saturated heterocycles. The zero-order chi connectivity index (χ0) is 20.0. The summed E-state index contributed by atoms with van der Waals surface area (Å²) in [6.45, 7) is 0.125. The van der Waals surface area contributed by atoms with Crippen molar-refractivity contribution < 1.29 is 14.4 Å². The number of aromatic amines is 1. The van der Waals surface area contributed by atoms with Crippen LogP contribution in [-0.4, -0.2) is 49.8 Å². The van der Waals surface area contributed by atoms with Crippen LogP contribution in [0.4, 0.5) is 11.6 Å². The Balaban J connectivity index is 1.48. The van der Waals surface area contributed by atoms with Crippen molar-refractivity contribution in [1.82, 2.24) is 25.5 Å². The Labute approximate surface area is 164 Å². The van der Waals surface area contributed by atoms with Crippen LogP contribution in [0.25, 0.3) is 0 Å². The first-order valence-electron chi connectivity index (χ1n) is 9.01. The molecule has 29 heavy (non-hydrogen) atoms. The zero-order valence-corrected chi connectivity index (χ0v) is 15.1. The standard InChI is InChI=1S/C19H15N7O3/c27-15(20-19-21-23-24-22-19)9-10-25-16-11-5-1-2-6-12(11)18(29)26(16)14-8-4-3-7-13(14)17(25)28/h1-8,16H,9-10H2,(H2,20,21,22,23,24,27). The molecular weight excluding hydrogens is 374 g/mol. The Morgan fingerprint density at radius 3 is 2.59 bits per heavy atom. The van der Waals surface area contributed by atoms with Gasteiger partial charge in [0.25, 0.3) is 17.8 Å². The summed E-state index contributed by atoms with van der Waals surface area (Å²) in [4.78, 5) is 41.7. The molecule has 0 fully saturated rings. The molecule has 1 atom stereocenters. The lowest BCUT2D eigenvalue weighted by molar-refractivity contribution is -0.116. The number of amides is 3. The van der Waals surface area contributed by atoms with Crippen LogP contribution in [0.15, 0.2) is 48.5 Å². The number of carbonyl (C=O) groups excluding carboxylic acids is 3. The van der Waals surface area contributed by atoms with Gasteiger partial charge in [0.15, 0.2) is 0 Å². The van der Waals surface area contributed by atoms with E-state index in [2.05, 4.69) is 25.9 Å². The number of aromatic nitrogens is 4. The van der Waals surface area contributed by atoms with Crippen molar-refractivity contribution in [3.05, 3.63) is 65.2 Å². The van der Waals surface area contributed by atoms with Crippen molar-refractivity contribution in [1.29, 1.82) is 0 Å². The third-order valence-corrected chi connectivity index (χ3v) is 5.06. The van der Waals surface area contributed by atoms with Crippen molar-refractivity contribution in [2.24, 2.45) is 0 Å². The number of rotatable bonds is 4. The van der Waals surface area contributed by atoms with Gasteiger partial charge in [-0.3, -0.25) is 24.6 Å². The first kappa shape index (κ1) is 17.0. The molecule has 10 heteroatoms. The zero-order valence-electron chi connectivity index (χ0n) is 15.1. The molecular formula is C19H15N7O3. The van der Waals surface area contributed by atoms with Gasteiger partial charge in [-0.05, 0) is 23.4 Å².